The third kappa shape index (κ3) is 3.62. The van der Waals surface area contributed by atoms with Crippen molar-refractivity contribution in [2.75, 3.05) is 5.32 Å². The molecule has 0 radical (unpaired) electrons. The zero-order valence-corrected chi connectivity index (χ0v) is 19.9. The smallest absolute Gasteiger partial charge is 0.310 e. The van der Waals surface area contributed by atoms with Gasteiger partial charge in [0.15, 0.2) is 0 Å². The van der Waals surface area contributed by atoms with Crippen LogP contribution in [0.2, 0.25) is 0 Å². The number of aryl methyl sites for hydroxylation is 2. The van der Waals surface area contributed by atoms with Crippen LogP contribution >= 0.6 is 11.3 Å². The lowest BCUT2D eigenvalue weighted by Gasteiger charge is -2.31. The molecule has 6 heteroatoms. The van der Waals surface area contributed by atoms with E-state index in [-0.39, 0.29) is 11.8 Å². The Morgan fingerprint density at radius 1 is 1.03 bits per heavy atom. The molecule has 4 nitrogen and oxygen atoms in total. The summed E-state index contributed by atoms with van der Waals surface area (Å²) in [7, 11) is 0. The van der Waals surface area contributed by atoms with Gasteiger partial charge in [0.1, 0.15) is 10.8 Å². The lowest BCUT2D eigenvalue weighted by atomic mass is 9.95. The van der Waals surface area contributed by atoms with Gasteiger partial charge in [0, 0.05) is 22.3 Å². The number of nitrogens with one attached hydrogen (secondary N) is 1. The summed E-state index contributed by atoms with van der Waals surface area (Å²) in [4.78, 5) is 17.1. The summed E-state index contributed by atoms with van der Waals surface area (Å²) >= 11 is 1.85. The number of aromatic nitrogens is 1. The molecule has 6 rings (SSSR count). The number of benzene rings is 2. The Kier molecular flexibility index (Phi) is 5.26. The number of thiophene rings is 1. The summed E-state index contributed by atoms with van der Waals surface area (Å²) < 4.78 is 16.6. The van der Waals surface area contributed by atoms with E-state index in [0.29, 0.717) is 6.54 Å². The summed E-state index contributed by atoms with van der Waals surface area (Å²) in [5.41, 5.74) is 6.26. The quantitative estimate of drug-likeness (QED) is 0.336. The van der Waals surface area contributed by atoms with Crippen molar-refractivity contribution in [1.82, 2.24) is 9.47 Å². The Morgan fingerprint density at radius 3 is 2.68 bits per heavy atom. The van der Waals surface area contributed by atoms with E-state index in [9.17, 15) is 9.18 Å². The summed E-state index contributed by atoms with van der Waals surface area (Å²) in [6.07, 6.45) is 6.62. The van der Waals surface area contributed by atoms with Crippen LogP contribution in [0.15, 0.2) is 66.9 Å². The molecular formula is C28H26FN3OS. The Morgan fingerprint density at radius 2 is 1.85 bits per heavy atom. The van der Waals surface area contributed by atoms with Gasteiger partial charge in [-0.2, -0.15) is 0 Å². The number of rotatable bonds is 2. The topological polar surface area (TPSA) is 37.3 Å². The molecule has 172 valence electrons. The van der Waals surface area contributed by atoms with Gasteiger partial charge in [-0.15, -0.1) is 11.3 Å². The molecule has 0 saturated carbocycles. The highest BCUT2D eigenvalue weighted by molar-refractivity contribution is 7.15. The minimum absolute atomic E-state index is 0.186. The molecular weight excluding hydrogens is 445 g/mol. The molecule has 2 aromatic heterocycles. The predicted octanol–water partition coefficient (Wildman–Crippen LogP) is 7.00. The highest BCUT2D eigenvalue weighted by Gasteiger charge is 2.36. The maximum absolute atomic E-state index is 14.3. The van der Waals surface area contributed by atoms with Crippen LogP contribution in [0.5, 0.6) is 0 Å². The second kappa shape index (κ2) is 8.44. The molecule has 4 aromatic rings. The fourth-order valence-electron chi connectivity index (χ4n) is 5.25. The molecule has 1 atom stereocenters. The maximum Gasteiger partial charge on any atom is 0.322 e. The van der Waals surface area contributed by atoms with E-state index in [0.717, 1.165) is 35.3 Å². The summed E-state index contributed by atoms with van der Waals surface area (Å²) in [5, 5.41) is 4.29. The van der Waals surface area contributed by atoms with Crippen molar-refractivity contribution < 1.29 is 9.18 Å². The Hall–Kier alpha value is -3.38. The fraction of sp³-hybridized carbons (Fsp3) is 0.250. The van der Waals surface area contributed by atoms with E-state index in [1.54, 1.807) is 12.1 Å². The van der Waals surface area contributed by atoms with Gasteiger partial charge < -0.3 is 14.8 Å². The lowest BCUT2D eigenvalue weighted by molar-refractivity contribution is 0.194. The number of amides is 2. The molecule has 0 fully saturated rings. The van der Waals surface area contributed by atoms with Crippen molar-refractivity contribution in [3.05, 3.63) is 106 Å². The highest BCUT2D eigenvalue weighted by Crippen LogP contribution is 2.44. The van der Waals surface area contributed by atoms with E-state index in [2.05, 4.69) is 22.1 Å². The van der Waals surface area contributed by atoms with Crippen molar-refractivity contribution >= 4 is 23.1 Å². The van der Waals surface area contributed by atoms with Gasteiger partial charge in [0.05, 0.1) is 18.3 Å². The number of anilines is 1. The minimum Gasteiger partial charge on any atom is -0.310 e. The minimum atomic E-state index is -0.407. The van der Waals surface area contributed by atoms with Crippen LogP contribution in [0, 0.1) is 12.7 Å². The SMILES string of the molecule is Cc1ccc(NC(=O)N2Cc3c(sc4c3CCCC4)-n3cccc3[C@@H]2c2cccc(F)c2)cc1. The van der Waals surface area contributed by atoms with Crippen molar-refractivity contribution in [3.63, 3.8) is 0 Å². The molecule has 0 spiro atoms. The third-order valence-electron chi connectivity index (χ3n) is 6.91. The third-order valence-corrected chi connectivity index (χ3v) is 8.24. The maximum atomic E-state index is 14.3. The first kappa shape index (κ1) is 21.2. The summed E-state index contributed by atoms with van der Waals surface area (Å²) in [5.74, 6) is -0.300. The van der Waals surface area contributed by atoms with Gasteiger partial charge in [-0.3, -0.25) is 0 Å². The van der Waals surface area contributed by atoms with Crippen LogP contribution in [-0.4, -0.2) is 15.5 Å². The van der Waals surface area contributed by atoms with Gasteiger partial charge >= 0.3 is 6.03 Å². The fourth-order valence-corrected chi connectivity index (χ4v) is 6.65. The van der Waals surface area contributed by atoms with Crippen LogP contribution in [-0.2, 0) is 19.4 Å². The van der Waals surface area contributed by atoms with Crippen molar-refractivity contribution in [2.45, 2.75) is 45.2 Å². The molecule has 0 unspecified atom stereocenters. The molecule has 3 heterocycles. The van der Waals surface area contributed by atoms with E-state index in [4.69, 9.17) is 0 Å². The number of carbonyl (C=O) groups excluding carboxylic acids is 1. The van der Waals surface area contributed by atoms with E-state index in [1.165, 1.54) is 39.9 Å². The van der Waals surface area contributed by atoms with Gasteiger partial charge in [-0.1, -0.05) is 29.8 Å². The highest BCUT2D eigenvalue weighted by atomic mass is 32.1. The second-order valence-electron chi connectivity index (χ2n) is 9.18. The van der Waals surface area contributed by atoms with Gasteiger partial charge in [0.2, 0.25) is 0 Å². The van der Waals surface area contributed by atoms with Gasteiger partial charge in [0.25, 0.3) is 0 Å². The average molecular weight is 472 g/mol. The van der Waals surface area contributed by atoms with E-state index in [1.807, 2.05) is 59.6 Å². The van der Waals surface area contributed by atoms with Crippen LogP contribution in [0.25, 0.3) is 5.00 Å². The van der Waals surface area contributed by atoms with E-state index < -0.39 is 6.04 Å². The monoisotopic (exact) mass is 471 g/mol. The van der Waals surface area contributed by atoms with Gasteiger partial charge in [-0.25, -0.2) is 9.18 Å². The van der Waals surface area contributed by atoms with Crippen LogP contribution < -0.4 is 5.32 Å². The number of fused-ring (bicyclic) bond motifs is 5. The van der Waals surface area contributed by atoms with Crippen LogP contribution in [0.1, 0.15) is 51.7 Å². The summed E-state index contributed by atoms with van der Waals surface area (Å²) in [6, 6.07) is 17.9. The molecule has 1 aliphatic heterocycles. The van der Waals surface area contributed by atoms with E-state index >= 15 is 0 Å². The van der Waals surface area contributed by atoms with Crippen LogP contribution in [0.4, 0.5) is 14.9 Å². The predicted molar refractivity (Wildman–Crippen MR) is 134 cm³/mol. The van der Waals surface area contributed by atoms with Gasteiger partial charge in [-0.05, 0) is 80.1 Å². The second-order valence-corrected chi connectivity index (χ2v) is 10.3. The molecule has 1 aliphatic carbocycles. The molecule has 2 amide bonds. The summed E-state index contributed by atoms with van der Waals surface area (Å²) in [6.45, 7) is 2.51. The number of hydrogen-bond donors (Lipinski definition) is 1. The number of carbonyl (C=O) groups is 1. The Bertz CT molecular complexity index is 1370. The molecule has 0 saturated heterocycles. The Balaban J connectivity index is 1.50. The first-order valence-corrected chi connectivity index (χ1v) is 12.6. The van der Waals surface area contributed by atoms with Crippen molar-refractivity contribution in [1.29, 1.82) is 0 Å². The molecule has 1 N–H and O–H groups in total. The van der Waals surface area contributed by atoms with Crippen molar-refractivity contribution in [3.8, 4) is 5.00 Å². The van der Waals surface area contributed by atoms with Crippen LogP contribution in [0.3, 0.4) is 0 Å². The first-order valence-electron chi connectivity index (χ1n) is 11.8. The number of halogens is 1. The standard InChI is InChI=1S/C28H26FN3OS/c1-18-11-13-21(14-12-18)30-28(33)32-17-23-22-8-2-3-10-25(22)34-27(23)31-15-5-9-24(31)26(32)19-6-4-7-20(29)16-19/h4-7,9,11-16,26H,2-3,8,10,17H2,1H3,(H,30,33)/t26-/m0/s1. The zero-order valence-electron chi connectivity index (χ0n) is 19.1. The molecule has 2 aliphatic rings. The number of urea groups is 1. The largest absolute Gasteiger partial charge is 0.322 e. The number of nitrogens with zero attached hydrogens (tertiary/aromatic N) is 2. The normalized spacial score (nSPS) is 16.9. The lowest BCUT2D eigenvalue weighted by Crippen LogP contribution is -2.38. The number of hydrogen-bond acceptors (Lipinski definition) is 2. The zero-order chi connectivity index (χ0) is 23.2. The Labute approximate surface area is 202 Å². The van der Waals surface area contributed by atoms with Crippen molar-refractivity contribution in [2.24, 2.45) is 0 Å². The molecule has 2 aromatic carbocycles. The molecule has 34 heavy (non-hydrogen) atoms. The first-order chi connectivity index (χ1) is 16.6. The average Bonchev–Trinajstić information content (AvgIpc) is 3.42. The molecule has 0 bridgehead atoms.